The lowest BCUT2D eigenvalue weighted by Crippen LogP contribution is -2.17. The smallest absolute Gasteiger partial charge is 0.328 e. The van der Waals surface area contributed by atoms with Crippen LogP contribution in [0.1, 0.15) is 0 Å². The van der Waals surface area contributed by atoms with Crippen molar-refractivity contribution in [2.45, 2.75) is 4.90 Å². The van der Waals surface area contributed by atoms with Gasteiger partial charge in [-0.1, -0.05) is 0 Å². The van der Waals surface area contributed by atoms with Crippen LogP contribution in [0.5, 0.6) is 11.8 Å². The lowest BCUT2D eigenvalue weighted by Gasteiger charge is -2.12. The molecular formula is C12H16N6OS. The molecule has 0 saturated carbocycles. The number of rotatable bonds is 5. The third-order valence-electron chi connectivity index (χ3n) is 2.40. The number of ether oxygens (including phenoxy) is 1. The fourth-order valence-corrected chi connectivity index (χ4v) is 1.81. The van der Waals surface area contributed by atoms with Crippen molar-refractivity contribution in [2.75, 3.05) is 30.7 Å². The monoisotopic (exact) mass is 292 g/mol. The maximum absolute atomic E-state index is 5.62. The Morgan fingerprint density at radius 1 is 1.15 bits per heavy atom. The molecule has 0 radical (unpaired) electrons. The number of anilines is 2. The summed E-state index contributed by atoms with van der Waals surface area (Å²) in [5.41, 5.74) is 2.39. The summed E-state index contributed by atoms with van der Waals surface area (Å²) in [5.74, 6) is 6.70. The summed E-state index contributed by atoms with van der Waals surface area (Å²) in [5, 5.41) is 0. The Morgan fingerprint density at radius 2 is 1.85 bits per heavy atom. The van der Waals surface area contributed by atoms with E-state index in [1.54, 1.807) is 16.7 Å². The van der Waals surface area contributed by atoms with Gasteiger partial charge in [0.25, 0.3) is 0 Å². The van der Waals surface area contributed by atoms with Gasteiger partial charge in [-0.2, -0.15) is 15.0 Å². The van der Waals surface area contributed by atoms with Gasteiger partial charge in [-0.05, 0) is 30.5 Å². The largest absolute Gasteiger partial charge is 0.424 e. The molecule has 1 aromatic heterocycles. The molecule has 0 aliphatic carbocycles. The molecule has 0 atom stereocenters. The van der Waals surface area contributed by atoms with Crippen LogP contribution in [-0.2, 0) is 0 Å². The van der Waals surface area contributed by atoms with Gasteiger partial charge < -0.3 is 9.64 Å². The Morgan fingerprint density at radius 3 is 2.40 bits per heavy atom. The fraction of sp³-hybridized carbons (Fsp3) is 0.250. The zero-order valence-electron chi connectivity index (χ0n) is 11.5. The molecule has 0 amide bonds. The summed E-state index contributed by atoms with van der Waals surface area (Å²) >= 11 is 1.67. The minimum atomic E-state index is 0.188. The Bertz CT molecular complexity index is 575. The first kappa shape index (κ1) is 14.4. The third-order valence-corrected chi connectivity index (χ3v) is 3.14. The van der Waals surface area contributed by atoms with Crippen LogP contribution in [0.4, 0.5) is 11.9 Å². The molecule has 7 nitrogen and oxygen atoms in total. The van der Waals surface area contributed by atoms with E-state index < -0.39 is 0 Å². The first-order chi connectivity index (χ1) is 9.62. The highest BCUT2D eigenvalue weighted by atomic mass is 32.2. The second-order valence-corrected chi connectivity index (χ2v) is 4.94. The van der Waals surface area contributed by atoms with Crippen LogP contribution in [-0.4, -0.2) is 35.3 Å². The molecule has 0 unspecified atom stereocenters. The number of hydrogen-bond donors (Lipinski definition) is 2. The molecule has 0 aliphatic heterocycles. The number of hydrazine groups is 1. The standard InChI is InChI=1S/C12H16N6OS/c1-18(2)11-14-10(17-13)15-12(16-11)19-8-4-6-9(20-3)7-5-8/h4-7H,13H2,1-3H3,(H,14,15,16,17). The SMILES string of the molecule is CSc1ccc(Oc2nc(NN)nc(N(C)C)n2)cc1. The molecule has 1 aromatic carbocycles. The van der Waals surface area contributed by atoms with Crippen LogP contribution in [0.2, 0.25) is 0 Å². The van der Waals surface area contributed by atoms with Crippen molar-refractivity contribution in [3.63, 3.8) is 0 Å². The van der Waals surface area contributed by atoms with Crippen LogP contribution >= 0.6 is 11.8 Å². The molecule has 1 heterocycles. The first-order valence-electron chi connectivity index (χ1n) is 5.84. The number of nitrogens with two attached hydrogens (primary N) is 1. The average Bonchev–Trinajstić information content (AvgIpc) is 2.47. The topological polar surface area (TPSA) is 89.2 Å². The van der Waals surface area contributed by atoms with E-state index in [4.69, 9.17) is 10.6 Å². The van der Waals surface area contributed by atoms with Crippen molar-refractivity contribution < 1.29 is 4.74 Å². The molecule has 20 heavy (non-hydrogen) atoms. The van der Waals surface area contributed by atoms with E-state index in [2.05, 4.69) is 20.4 Å². The van der Waals surface area contributed by atoms with Crippen LogP contribution in [0.3, 0.4) is 0 Å². The first-order valence-corrected chi connectivity index (χ1v) is 7.07. The highest BCUT2D eigenvalue weighted by Crippen LogP contribution is 2.23. The number of aromatic nitrogens is 3. The highest BCUT2D eigenvalue weighted by molar-refractivity contribution is 7.98. The van der Waals surface area contributed by atoms with Gasteiger partial charge in [-0.15, -0.1) is 11.8 Å². The Hall–Kier alpha value is -2.06. The Balaban J connectivity index is 2.24. The Kier molecular flexibility index (Phi) is 4.59. The van der Waals surface area contributed by atoms with Crippen molar-refractivity contribution >= 4 is 23.7 Å². The van der Waals surface area contributed by atoms with Gasteiger partial charge >= 0.3 is 6.01 Å². The second-order valence-electron chi connectivity index (χ2n) is 4.06. The zero-order valence-corrected chi connectivity index (χ0v) is 12.3. The van der Waals surface area contributed by atoms with Gasteiger partial charge in [0.05, 0.1) is 0 Å². The van der Waals surface area contributed by atoms with E-state index in [1.165, 1.54) is 0 Å². The van der Waals surface area contributed by atoms with Crippen molar-refractivity contribution in [2.24, 2.45) is 5.84 Å². The van der Waals surface area contributed by atoms with E-state index in [-0.39, 0.29) is 12.0 Å². The molecule has 3 N–H and O–H groups in total. The number of thioether (sulfide) groups is 1. The number of nitrogens with one attached hydrogen (secondary N) is 1. The quantitative estimate of drug-likeness (QED) is 0.489. The van der Waals surface area contributed by atoms with Gasteiger partial charge in [-0.3, -0.25) is 5.43 Å². The summed E-state index contributed by atoms with van der Waals surface area (Å²) in [6, 6.07) is 7.85. The molecule has 8 heteroatoms. The highest BCUT2D eigenvalue weighted by Gasteiger charge is 2.09. The van der Waals surface area contributed by atoms with Crippen LogP contribution < -0.4 is 20.9 Å². The normalized spacial score (nSPS) is 10.2. The molecule has 0 bridgehead atoms. The van der Waals surface area contributed by atoms with E-state index in [0.717, 1.165) is 4.90 Å². The van der Waals surface area contributed by atoms with Crippen molar-refractivity contribution in [3.05, 3.63) is 24.3 Å². The van der Waals surface area contributed by atoms with E-state index in [9.17, 15) is 0 Å². The lowest BCUT2D eigenvalue weighted by molar-refractivity contribution is 0.440. The zero-order chi connectivity index (χ0) is 14.5. The molecule has 2 aromatic rings. The molecule has 0 fully saturated rings. The van der Waals surface area contributed by atoms with Gasteiger partial charge in [-0.25, -0.2) is 5.84 Å². The molecular weight excluding hydrogens is 276 g/mol. The van der Waals surface area contributed by atoms with Gasteiger partial charge in [0.1, 0.15) is 5.75 Å². The van der Waals surface area contributed by atoms with Crippen LogP contribution in [0.15, 0.2) is 29.2 Å². The summed E-state index contributed by atoms with van der Waals surface area (Å²) in [4.78, 5) is 15.3. The van der Waals surface area contributed by atoms with Gasteiger partial charge in [0.15, 0.2) is 0 Å². The number of benzene rings is 1. The fourth-order valence-electron chi connectivity index (χ4n) is 1.41. The minimum absolute atomic E-state index is 0.188. The van der Waals surface area contributed by atoms with E-state index >= 15 is 0 Å². The van der Waals surface area contributed by atoms with Crippen LogP contribution in [0, 0.1) is 0 Å². The lowest BCUT2D eigenvalue weighted by atomic mass is 10.3. The maximum Gasteiger partial charge on any atom is 0.328 e. The van der Waals surface area contributed by atoms with E-state index in [1.807, 2.05) is 44.6 Å². The summed E-state index contributed by atoms with van der Waals surface area (Å²) in [7, 11) is 3.65. The molecule has 0 spiro atoms. The van der Waals surface area contributed by atoms with Crippen LogP contribution in [0.25, 0.3) is 0 Å². The molecule has 106 valence electrons. The predicted molar refractivity (Wildman–Crippen MR) is 80.3 cm³/mol. The van der Waals surface area contributed by atoms with Crippen molar-refractivity contribution in [3.8, 4) is 11.8 Å². The summed E-state index contributed by atoms with van der Waals surface area (Å²) < 4.78 is 5.62. The molecule has 2 rings (SSSR count). The van der Waals surface area contributed by atoms with Crippen molar-refractivity contribution in [1.29, 1.82) is 0 Å². The number of hydrogen-bond acceptors (Lipinski definition) is 8. The maximum atomic E-state index is 5.62. The van der Waals surface area contributed by atoms with Gasteiger partial charge in [0.2, 0.25) is 11.9 Å². The van der Waals surface area contributed by atoms with Crippen molar-refractivity contribution in [1.82, 2.24) is 15.0 Å². The second kappa shape index (κ2) is 6.40. The third kappa shape index (κ3) is 3.49. The summed E-state index contributed by atoms with van der Waals surface area (Å²) in [6.45, 7) is 0. The minimum Gasteiger partial charge on any atom is -0.424 e. The number of nitrogens with zero attached hydrogens (tertiary/aromatic N) is 4. The van der Waals surface area contributed by atoms with Gasteiger partial charge in [0, 0.05) is 19.0 Å². The van der Waals surface area contributed by atoms with E-state index in [0.29, 0.717) is 11.7 Å². The summed E-state index contributed by atoms with van der Waals surface area (Å²) in [6.07, 6.45) is 2.02. The molecule has 0 aliphatic rings. The predicted octanol–water partition coefficient (Wildman–Crippen LogP) is 1.74. The molecule has 0 saturated heterocycles. The average molecular weight is 292 g/mol. The number of nitrogen functional groups attached to an aromatic ring is 1. The Labute approximate surface area is 121 Å².